The molecule has 2 rings (SSSR count). The lowest BCUT2D eigenvalue weighted by atomic mass is 10.2. The highest BCUT2D eigenvalue weighted by Crippen LogP contribution is 2.15. The number of aromatic nitrogens is 1. The number of hydrogen-bond donors (Lipinski definition) is 3. The number of para-hydroxylation sites is 1. The van der Waals surface area contributed by atoms with Crippen LogP contribution in [0.5, 0.6) is 0 Å². The lowest BCUT2D eigenvalue weighted by molar-refractivity contribution is 0.581. The van der Waals surface area contributed by atoms with Crippen LogP contribution in [-0.2, 0) is 16.4 Å². The van der Waals surface area contributed by atoms with Crippen molar-refractivity contribution < 1.29 is 8.42 Å². The molecule has 0 aliphatic heterocycles. The van der Waals surface area contributed by atoms with Gasteiger partial charge in [0.15, 0.2) is 5.96 Å². The monoisotopic (exact) mass is 350 g/mol. The number of benzene rings is 1. The van der Waals surface area contributed by atoms with Crippen molar-refractivity contribution in [2.24, 2.45) is 4.99 Å². The summed E-state index contributed by atoms with van der Waals surface area (Å²) in [6.45, 7) is 5.24. The molecule has 0 radical (unpaired) electrons. The van der Waals surface area contributed by atoms with E-state index < -0.39 is 9.84 Å². The van der Waals surface area contributed by atoms with Crippen molar-refractivity contribution in [2.45, 2.75) is 32.9 Å². The SMILES string of the molecule is CCNC(=NCc1cc2ccccc2[nH]1)NC(C)CCS(C)(=O)=O. The van der Waals surface area contributed by atoms with E-state index in [1.807, 2.05) is 32.0 Å². The van der Waals surface area contributed by atoms with Gasteiger partial charge in [-0.1, -0.05) is 18.2 Å². The number of nitrogens with zero attached hydrogens (tertiary/aromatic N) is 1. The minimum Gasteiger partial charge on any atom is -0.357 e. The Labute approximate surface area is 143 Å². The summed E-state index contributed by atoms with van der Waals surface area (Å²) >= 11 is 0. The second kappa shape index (κ2) is 8.19. The van der Waals surface area contributed by atoms with E-state index in [0.29, 0.717) is 18.9 Å². The predicted molar refractivity (Wildman–Crippen MR) is 100 cm³/mol. The summed E-state index contributed by atoms with van der Waals surface area (Å²) in [4.78, 5) is 7.93. The largest absolute Gasteiger partial charge is 0.357 e. The van der Waals surface area contributed by atoms with Crippen LogP contribution in [0.25, 0.3) is 10.9 Å². The molecule has 1 heterocycles. The first-order chi connectivity index (χ1) is 11.4. The molecule has 0 amide bonds. The third-order valence-corrected chi connectivity index (χ3v) is 4.62. The minimum absolute atomic E-state index is 0.0280. The van der Waals surface area contributed by atoms with Gasteiger partial charge in [-0.25, -0.2) is 13.4 Å². The zero-order valence-corrected chi connectivity index (χ0v) is 15.3. The predicted octanol–water partition coefficient (Wildman–Crippen LogP) is 2.05. The Morgan fingerprint density at radius 3 is 2.75 bits per heavy atom. The van der Waals surface area contributed by atoms with Gasteiger partial charge in [0, 0.05) is 30.1 Å². The number of aliphatic imine (C=N–C) groups is 1. The average molecular weight is 350 g/mol. The van der Waals surface area contributed by atoms with E-state index >= 15 is 0 Å². The molecule has 24 heavy (non-hydrogen) atoms. The molecule has 3 N–H and O–H groups in total. The van der Waals surface area contributed by atoms with E-state index in [4.69, 9.17) is 0 Å². The Morgan fingerprint density at radius 2 is 2.08 bits per heavy atom. The zero-order chi connectivity index (χ0) is 17.6. The molecule has 0 spiro atoms. The Morgan fingerprint density at radius 1 is 1.33 bits per heavy atom. The van der Waals surface area contributed by atoms with Crippen molar-refractivity contribution in [2.75, 3.05) is 18.6 Å². The number of guanidine groups is 1. The van der Waals surface area contributed by atoms with Gasteiger partial charge < -0.3 is 15.6 Å². The summed E-state index contributed by atoms with van der Waals surface area (Å²) in [6, 6.07) is 10.2. The first-order valence-corrected chi connectivity index (χ1v) is 10.2. The molecule has 1 aromatic heterocycles. The number of H-pyrrole nitrogens is 1. The van der Waals surface area contributed by atoms with Crippen molar-refractivity contribution in [1.29, 1.82) is 0 Å². The molecule has 1 atom stereocenters. The minimum atomic E-state index is -2.94. The van der Waals surface area contributed by atoms with Gasteiger partial charge >= 0.3 is 0 Å². The van der Waals surface area contributed by atoms with E-state index in [1.165, 1.54) is 11.6 Å². The highest BCUT2D eigenvalue weighted by atomic mass is 32.2. The fourth-order valence-electron chi connectivity index (χ4n) is 2.40. The summed E-state index contributed by atoms with van der Waals surface area (Å²) in [5, 5.41) is 7.61. The molecule has 7 heteroatoms. The van der Waals surface area contributed by atoms with Crippen molar-refractivity contribution in [3.05, 3.63) is 36.0 Å². The van der Waals surface area contributed by atoms with E-state index in [0.717, 1.165) is 17.8 Å². The number of aromatic amines is 1. The smallest absolute Gasteiger partial charge is 0.191 e. The lowest BCUT2D eigenvalue weighted by Crippen LogP contribution is -2.42. The van der Waals surface area contributed by atoms with Crippen LogP contribution in [-0.4, -0.2) is 44.0 Å². The molecule has 0 aliphatic rings. The topological polar surface area (TPSA) is 86.3 Å². The molecule has 0 aliphatic carbocycles. The summed E-state index contributed by atoms with van der Waals surface area (Å²) in [5.41, 5.74) is 2.14. The zero-order valence-electron chi connectivity index (χ0n) is 14.5. The highest BCUT2D eigenvalue weighted by Gasteiger charge is 2.09. The molecule has 0 saturated carbocycles. The third-order valence-electron chi connectivity index (χ3n) is 3.64. The molecule has 132 valence electrons. The van der Waals surface area contributed by atoms with E-state index in [-0.39, 0.29) is 11.8 Å². The second-order valence-corrected chi connectivity index (χ2v) is 8.30. The molecule has 6 nitrogen and oxygen atoms in total. The van der Waals surface area contributed by atoms with E-state index in [2.05, 4.69) is 32.7 Å². The molecule has 2 aromatic rings. The summed E-state index contributed by atoms with van der Waals surface area (Å²) in [7, 11) is -2.94. The number of fused-ring (bicyclic) bond motifs is 1. The van der Waals surface area contributed by atoms with Crippen LogP contribution in [0.3, 0.4) is 0 Å². The molecule has 1 aromatic carbocycles. The second-order valence-electron chi connectivity index (χ2n) is 6.04. The molecular weight excluding hydrogens is 324 g/mol. The first kappa shape index (κ1) is 18.3. The van der Waals surface area contributed by atoms with Crippen LogP contribution in [0.4, 0.5) is 0 Å². The Balaban J connectivity index is 1.99. The average Bonchev–Trinajstić information content (AvgIpc) is 2.93. The molecule has 1 unspecified atom stereocenters. The van der Waals surface area contributed by atoms with Crippen molar-refractivity contribution >= 4 is 26.7 Å². The summed E-state index contributed by atoms with van der Waals surface area (Å²) in [5.74, 6) is 0.861. The van der Waals surface area contributed by atoms with Crippen LogP contribution in [0, 0.1) is 0 Å². The van der Waals surface area contributed by atoms with Gasteiger partial charge in [0.05, 0.1) is 12.3 Å². The lowest BCUT2D eigenvalue weighted by Gasteiger charge is -2.17. The Bertz CT molecular complexity index is 763. The molecule has 0 bridgehead atoms. The fraction of sp³-hybridized carbons (Fsp3) is 0.471. The van der Waals surface area contributed by atoms with Crippen molar-refractivity contribution in [1.82, 2.24) is 15.6 Å². The maximum Gasteiger partial charge on any atom is 0.191 e. The van der Waals surface area contributed by atoms with Gasteiger partial charge in [0.25, 0.3) is 0 Å². The number of sulfone groups is 1. The van der Waals surface area contributed by atoms with Crippen LogP contribution in [0.1, 0.15) is 26.0 Å². The van der Waals surface area contributed by atoms with Gasteiger partial charge in [-0.05, 0) is 37.8 Å². The quantitative estimate of drug-likeness (QED) is 0.527. The number of rotatable bonds is 7. The standard InChI is InChI=1S/C17H26N4O2S/c1-4-18-17(20-13(2)9-10-24(3,22)23)19-12-15-11-14-7-5-6-8-16(14)21-15/h5-8,11,13,21H,4,9-10,12H2,1-3H3,(H2,18,19,20). The number of nitrogens with one attached hydrogen (secondary N) is 3. The summed E-state index contributed by atoms with van der Waals surface area (Å²) < 4.78 is 22.5. The van der Waals surface area contributed by atoms with Crippen LogP contribution in [0.15, 0.2) is 35.3 Å². The van der Waals surface area contributed by atoms with E-state index in [1.54, 1.807) is 0 Å². The van der Waals surface area contributed by atoms with Crippen LogP contribution >= 0.6 is 0 Å². The maximum atomic E-state index is 11.3. The number of hydrogen-bond acceptors (Lipinski definition) is 3. The molecular formula is C17H26N4O2S. The van der Waals surface area contributed by atoms with Gasteiger partial charge in [0.1, 0.15) is 9.84 Å². The normalized spacial score (nSPS) is 13.9. The van der Waals surface area contributed by atoms with Gasteiger partial charge in [-0.2, -0.15) is 0 Å². The van der Waals surface area contributed by atoms with Gasteiger partial charge in [0.2, 0.25) is 0 Å². The Hall–Kier alpha value is -2.02. The third kappa shape index (κ3) is 5.88. The first-order valence-electron chi connectivity index (χ1n) is 8.16. The van der Waals surface area contributed by atoms with Crippen molar-refractivity contribution in [3.8, 4) is 0 Å². The van der Waals surface area contributed by atoms with Gasteiger partial charge in [-0.15, -0.1) is 0 Å². The van der Waals surface area contributed by atoms with Crippen LogP contribution < -0.4 is 10.6 Å². The highest BCUT2D eigenvalue weighted by molar-refractivity contribution is 7.90. The Kier molecular flexibility index (Phi) is 6.25. The van der Waals surface area contributed by atoms with Crippen LogP contribution in [0.2, 0.25) is 0 Å². The maximum absolute atomic E-state index is 11.3. The van der Waals surface area contributed by atoms with Gasteiger partial charge in [-0.3, -0.25) is 0 Å². The molecule has 0 saturated heterocycles. The molecule has 0 fully saturated rings. The van der Waals surface area contributed by atoms with Crippen molar-refractivity contribution in [3.63, 3.8) is 0 Å². The fourth-order valence-corrected chi connectivity index (χ4v) is 3.18. The van der Waals surface area contributed by atoms with E-state index in [9.17, 15) is 8.42 Å². The summed E-state index contributed by atoms with van der Waals surface area (Å²) in [6.07, 6.45) is 1.81.